The quantitative estimate of drug-likeness (QED) is 0.794. The van der Waals surface area contributed by atoms with E-state index >= 15 is 0 Å². The van der Waals surface area contributed by atoms with E-state index in [0.29, 0.717) is 5.69 Å². The number of esters is 1. The Morgan fingerprint density at radius 2 is 1.70 bits per heavy atom. The van der Waals surface area contributed by atoms with Crippen molar-refractivity contribution in [2.45, 2.75) is 44.8 Å². The molecule has 0 radical (unpaired) electrons. The maximum Gasteiger partial charge on any atom is 0.376 e. The molecule has 0 N–H and O–H groups in total. The SMILES string of the molecule is COC(=O)c1oc(C(C)(C)S(C)(=O)=O)nc1C(C)(C)C. The molecule has 0 amide bonds. The second-order valence-electron chi connectivity index (χ2n) is 6.22. The average Bonchev–Trinajstić information content (AvgIpc) is 2.71. The topological polar surface area (TPSA) is 86.5 Å². The number of rotatable bonds is 3. The number of hydrogen-bond acceptors (Lipinski definition) is 6. The molecule has 0 aliphatic rings. The first-order valence-electron chi connectivity index (χ1n) is 6.12. The summed E-state index contributed by atoms with van der Waals surface area (Å²) < 4.78 is 32.5. The Morgan fingerprint density at radius 3 is 2.05 bits per heavy atom. The van der Waals surface area contributed by atoms with Gasteiger partial charge in [-0.15, -0.1) is 0 Å². The first-order chi connectivity index (χ1) is 8.82. The van der Waals surface area contributed by atoms with E-state index in [1.165, 1.54) is 21.0 Å². The highest BCUT2D eigenvalue weighted by molar-refractivity contribution is 7.91. The molecule has 0 bridgehead atoms. The third kappa shape index (κ3) is 2.87. The van der Waals surface area contributed by atoms with E-state index in [0.717, 1.165) is 6.26 Å². The zero-order chi connectivity index (χ0) is 15.9. The predicted molar refractivity (Wildman–Crippen MR) is 74.4 cm³/mol. The van der Waals surface area contributed by atoms with Gasteiger partial charge in [-0.2, -0.15) is 0 Å². The lowest BCUT2D eigenvalue weighted by molar-refractivity contribution is 0.0558. The Balaban J connectivity index is 3.56. The third-order valence-corrected chi connectivity index (χ3v) is 5.18. The van der Waals surface area contributed by atoms with Gasteiger partial charge in [0.2, 0.25) is 11.7 Å². The molecule has 20 heavy (non-hydrogen) atoms. The standard InChI is InChI=1S/C13H21NO5S/c1-12(2,3)9-8(10(15)18-6)19-11(14-9)13(4,5)20(7,16)17/h1-7H3. The van der Waals surface area contributed by atoms with Crippen molar-refractivity contribution in [3.8, 4) is 0 Å². The summed E-state index contributed by atoms with van der Waals surface area (Å²) in [6, 6.07) is 0. The summed E-state index contributed by atoms with van der Waals surface area (Å²) in [5.41, 5.74) is -0.0881. The van der Waals surface area contributed by atoms with Gasteiger partial charge in [-0.05, 0) is 13.8 Å². The van der Waals surface area contributed by atoms with Gasteiger partial charge in [0.05, 0.1) is 12.8 Å². The summed E-state index contributed by atoms with van der Waals surface area (Å²) in [5.74, 6) is -0.727. The van der Waals surface area contributed by atoms with Crippen LogP contribution in [0.4, 0.5) is 0 Å². The molecule has 0 aliphatic carbocycles. The van der Waals surface area contributed by atoms with Crippen LogP contribution >= 0.6 is 0 Å². The van der Waals surface area contributed by atoms with E-state index in [1.54, 1.807) is 0 Å². The highest BCUT2D eigenvalue weighted by atomic mass is 32.2. The molecule has 0 saturated carbocycles. The molecule has 0 atom stereocenters. The maximum absolute atomic E-state index is 11.8. The Hall–Kier alpha value is -1.37. The lowest BCUT2D eigenvalue weighted by atomic mass is 9.91. The highest BCUT2D eigenvalue weighted by Gasteiger charge is 2.41. The van der Waals surface area contributed by atoms with Gasteiger partial charge >= 0.3 is 5.97 Å². The zero-order valence-corrected chi connectivity index (χ0v) is 13.7. The second-order valence-corrected chi connectivity index (χ2v) is 8.79. The fourth-order valence-corrected chi connectivity index (χ4v) is 1.88. The molecule has 0 saturated heterocycles. The van der Waals surface area contributed by atoms with Crippen molar-refractivity contribution in [1.82, 2.24) is 4.98 Å². The van der Waals surface area contributed by atoms with Gasteiger partial charge in [0.1, 0.15) is 4.75 Å². The number of carbonyl (C=O) groups is 1. The summed E-state index contributed by atoms with van der Waals surface area (Å²) in [6.07, 6.45) is 1.10. The van der Waals surface area contributed by atoms with Crippen molar-refractivity contribution < 1.29 is 22.4 Å². The molecule has 0 aliphatic heterocycles. The second kappa shape index (κ2) is 4.87. The molecular formula is C13H21NO5S. The molecular weight excluding hydrogens is 282 g/mol. The summed E-state index contributed by atoms with van der Waals surface area (Å²) >= 11 is 0. The fourth-order valence-electron chi connectivity index (χ4n) is 1.48. The minimum absolute atomic E-state index is 0.00896. The summed E-state index contributed by atoms with van der Waals surface area (Å²) in [4.78, 5) is 16.0. The first kappa shape index (κ1) is 16.7. The van der Waals surface area contributed by atoms with E-state index in [9.17, 15) is 13.2 Å². The van der Waals surface area contributed by atoms with Crippen LogP contribution < -0.4 is 0 Å². The highest BCUT2D eigenvalue weighted by Crippen LogP contribution is 2.34. The van der Waals surface area contributed by atoms with Crippen LogP contribution in [0, 0.1) is 0 Å². The molecule has 1 aromatic heterocycles. The van der Waals surface area contributed by atoms with Crippen molar-refractivity contribution >= 4 is 15.8 Å². The molecule has 7 heteroatoms. The Bertz CT molecular complexity index is 620. The molecule has 114 valence electrons. The molecule has 1 aromatic rings. The van der Waals surface area contributed by atoms with E-state index in [2.05, 4.69) is 9.72 Å². The number of methoxy groups -OCH3 is 1. The third-order valence-electron chi connectivity index (χ3n) is 3.15. The number of ether oxygens (including phenoxy) is 1. The van der Waals surface area contributed by atoms with Gasteiger partial charge < -0.3 is 9.15 Å². The number of nitrogens with zero attached hydrogens (tertiary/aromatic N) is 1. The van der Waals surface area contributed by atoms with Gasteiger partial charge in [0.25, 0.3) is 0 Å². The van der Waals surface area contributed by atoms with Crippen molar-refractivity contribution in [3.05, 3.63) is 17.3 Å². The summed E-state index contributed by atoms with van der Waals surface area (Å²) in [7, 11) is -2.21. The molecule has 0 aromatic carbocycles. The van der Waals surface area contributed by atoms with Crippen molar-refractivity contribution in [2.24, 2.45) is 0 Å². The van der Waals surface area contributed by atoms with Crippen LogP contribution in [0.25, 0.3) is 0 Å². The van der Waals surface area contributed by atoms with E-state index in [4.69, 9.17) is 4.42 Å². The van der Waals surface area contributed by atoms with Crippen molar-refractivity contribution in [3.63, 3.8) is 0 Å². The minimum atomic E-state index is -3.45. The molecule has 1 heterocycles. The molecule has 0 fully saturated rings. The maximum atomic E-state index is 11.8. The molecule has 6 nitrogen and oxygen atoms in total. The summed E-state index contributed by atoms with van der Waals surface area (Å²) in [6.45, 7) is 8.54. The van der Waals surface area contributed by atoms with Crippen LogP contribution in [0.3, 0.4) is 0 Å². The lowest BCUT2D eigenvalue weighted by Gasteiger charge is -2.18. The largest absolute Gasteiger partial charge is 0.463 e. The smallest absolute Gasteiger partial charge is 0.376 e. The van der Waals surface area contributed by atoms with Gasteiger partial charge in [0.15, 0.2) is 9.84 Å². The Kier molecular flexibility index (Phi) is 4.07. The van der Waals surface area contributed by atoms with Crippen LogP contribution in [0.5, 0.6) is 0 Å². The number of hydrogen-bond donors (Lipinski definition) is 0. The number of aromatic nitrogens is 1. The summed E-state index contributed by atoms with van der Waals surface area (Å²) in [5, 5.41) is 0. The van der Waals surface area contributed by atoms with Gasteiger partial charge in [-0.1, -0.05) is 20.8 Å². The van der Waals surface area contributed by atoms with E-state index < -0.39 is 26.0 Å². The zero-order valence-electron chi connectivity index (χ0n) is 12.9. The van der Waals surface area contributed by atoms with Gasteiger partial charge in [-0.3, -0.25) is 0 Å². The number of oxazole rings is 1. The fraction of sp³-hybridized carbons (Fsp3) is 0.692. The van der Waals surface area contributed by atoms with Crippen molar-refractivity contribution in [1.29, 1.82) is 0 Å². The predicted octanol–water partition coefficient (Wildman–Crippen LogP) is 2.04. The number of carbonyl (C=O) groups excluding carboxylic acids is 1. The molecule has 1 rings (SSSR count). The normalized spacial score (nSPS) is 13.3. The van der Waals surface area contributed by atoms with Crippen LogP contribution in [-0.2, 0) is 24.7 Å². The van der Waals surface area contributed by atoms with E-state index in [1.807, 2.05) is 20.8 Å². The van der Waals surface area contributed by atoms with Gasteiger partial charge in [0, 0.05) is 11.7 Å². The Morgan fingerprint density at radius 1 is 1.20 bits per heavy atom. The van der Waals surface area contributed by atoms with Crippen molar-refractivity contribution in [2.75, 3.05) is 13.4 Å². The monoisotopic (exact) mass is 303 g/mol. The van der Waals surface area contributed by atoms with Crippen LogP contribution in [0.1, 0.15) is 56.8 Å². The van der Waals surface area contributed by atoms with Crippen LogP contribution in [0.15, 0.2) is 4.42 Å². The van der Waals surface area contributed by atoms with Crippen LogP contribution in [-0.4, -0.2) is 32.7 Å². The number of sulfone groups is 1. The van der Waals surface area contributed by atoms with Crippen LogP contribution in [0.2, 0.25) is 0 Å². The first-order valence-corrected chi connectivity index (χ1v) is 8.01. The van der Waals surface area contributed by atoms with Gasteiger partial charge in [-0.25, -0.2) is 18.2 Å². The molecule has 0 spiro atoms. The Labute approximate surface area is 119 Å². The lowest BCUT2D eigenvalue weighted by Crippen LogP contribution is -2.28. The van der Waals surface area contributed by atoms with E-state index in [-0.39, 0.29) is 11.7 Å². The molecule has 0 unspecified atom stereocenters. The minimum Gasteiger partial charge on any atom is -0.463 e. The average molecular weight is 303 g/mol.